The first-order valence-electron chi connectivity index (χ1n) is 6.49. The Kier molecular flexibility index (Phi) is 4.34. The minimum Gasteiger partial charge on any atom is -0.490 e. The second-order valence-corrected chi connectivity index (χ2v) is 5.08. The van der Waals surface area contributed by atoms with Crippen LogP contribution in [-0.4, -0.2) is 22.2 Å². The van der Waals surface area contributed by atoms with Gasteiger partial charge in [0.1, 0.15) is 0 Å². The van der Waals surface area contributed by atoms with Gasteiger partial charge < -0.3 is 15.0 Å². The fourth-order valence-corrected chi connectivity index (χ4v) is 2.29. The number of nitrogens with two attached hydrogens (primary N) is 1. The molecule has 0 aliphatic heterocycles. The van der Waals surface area contributed by atoms with E-state index in [2.05, 4.69) is 10.1 Å². The third-order valence-corrected chi connectivity index (χ3v) is 3.74. The van der Waals surface area contributed by atoms with Crippen LogP contribution in [0.25, 0.3) is 11.5 Å². The monoisotopic (exact) mass is 326 g/mol. The van der Waals surface area contributed by atoms with Gasteiger partial charge >= 0.3 is 5.69 Å². The molecule has 1 aromatic carbocycles. The molecule has 0 spiro atoms. The van der Waals surface area contributed by atoms with E-state index in [9.17, 15) is 10.1 Å². The van der Waals surface area contributed by atoms with Crippen molar-refractivity contribution < 1.29 is 14.2 Å². The fraction of sp³-hybridized carbons (Fsp3) is 0.385. The standard InChI is InChI=1S/C13H14N4O4.ClH/c1-20-10-4-3-8(7-9(10)17(18)19)11-15-12(16-21-11)13(14)5-2-6-13;/h3-4,7H,2,5-6,14H2,1H3;1H. The number of ether oxygens (including phenoxy) is 1. The number of nitrogens with zero attached hydrogens (tertiary/aromatic N) is 3. The minimum absolute atomic E-state index is 0. The summed E-state index contributed by atoms with van der Waals surface area (Å²) < 4.78 is 10.1. The molecule has 1 aliphatic carbocycles. The zero-order valence-electron chi connectivity index (χ0n) is 11.8. The van der Waals surface area contributed by atoms with Crippen molar-refractivity contribution >= 4 is 18.1 Å². The number of benzene rings is 1. The van der Waals surface area contributed by atoms with Crippen molar-refractivity contribution in [3.8, 4) is 17.2 Å². The highest BCUT2D eigenvalue weighted by Gasteiger charge is 2.39. The van der Waals surface area contributed by atoms with Crippen LogP contribution in [0.1, 0.15) is 25.1 Å². The molecule has 22 heavy (non-hydrogen) atoms. The summed E-state index contributed by atoms with van der Waals surface area (Å²) in [6.07, 6.45) is 2.66. The number of hydrogen-bond donors (Lipinski definition) is 1. The number of aromatic nitrogens is 2. The van der Waals surface area contributed by atoms with E-state index in [4.69, 9.17) is 15.0 Å². The maximum Gasteiger partial charge on any atom is 0.311 e. The molecule has 0 radical (unpaired) electrons. The quantitative estimate of drug-likeness (QED) is 0.677. The Bertz CT molecular complexity index is 699. The fourth-order valence-electron chi connectivity index (χ4n) is 2.29. The Labute approximate surface area is 132 Å². The van der Waals surface area contributed by atoms with Crippen molar-refractivity contribution in [2.24, 2.45) is 5.73 Å². The van der Waals surface area contributed by atoms with Crippen LogP contribution in [0.4, 0.5) is 5.69 Å². The highest BCUT2D eigenvalue weighted by Crippen LogP contribution is 2.38. The van der Waals surface area contributed by atoms with Gasteiger partial charge in [0.2, 0.25) is 0 Å². The lowest BCUT2D eigenvalue weighted by Gasteiger charge is -2.34. The maximum absolute atomic E-state index is 11.0. The molecule has 0 saturated heterocycles. The zero-order valence-corrected chi connectivity index (χ0v) is 12.6. The third-order valence-electron chi connectivity index (χ3n) is 3.74. The minimum atomic E-state index is -0.528. The average molecular weight is 327 g/mol. The Hall–Kier alpha value is -2.19. The molecule has 0 amide bonds. The normalized spacial score (nSPS) is 15.5. The van der Waals surface area contributed by atoms with Gasteiger partial charge in [0.15, 0.2) is 11.6 Å². The summed E-state index contributed by atoms with van der Waals surface area (Å²) in [5.41, 5.74) is 5.91. The Balaban J connectivity index is 0.00000176. The Morgan fingerprint density at radius 2 is 2.18 bits per heavy atom. The average Bonchev–Trinajstić information content (AvgIpc) is 2.94. The molecule has 0 unspecified atom stereocenters. The van der Waals surface area contributed by atoms with Crippen LogP contribution < -0.4 is 10.5 Å². The molecule has 1 heterocycles. The number of nitro benzene ring substituents is 1. The predicted molar refractivity (Wildman–Crippen MR) is 79.9 cm³/mol. The van der Waals surface area contributed by atoms with E-state index in [1.54, 1.807) is 6.07 Å². The van der Waals surface area contributed by atoms with Crippen molar-refractivity contribution in [3.63, 3.8) is 0 Å². The molecule has 1 aliphatic rings. The lowest BCUT2D eigenvalue weighted by molar-refractivity contribution is -0.385. The lowest BCUT2D eigenvalue weighted by atomic mass is 9.77. The van der Waals surface area contributed by atoms with Gasteiger partial charge in [-0.05, 0) is 31.4 Å². The van der Waals surface area contributed by atoms with Gasteiger partial charge in [0.05, 0.1) is 17.6 Å². The van der Waals surface area contributed by atoms with Gasteiger partial charge in [0, 0.05) is 11.6 Å². The summed E-state index contributed by atoms with van der Waals surface area (Å²) >= 11 is 0. The highest BCUT2D eigenvalue weighted by molar-refractivity contribution is 5.85. The molecular formula is C13H15ClN4O4. The third kappa shape index (κ3) is 2.62. The molecule has 1 saturated carbocycles. The molecule has 1 fully saturated rings. The molecule has 0 atom stereocenters. The first-order chi connectivity index (χ1) is 10.0. The summed E-state index contributed by atoms with van der Waals surface area (Å²) in [6.45, 7) is 0. The SMILES string of the molecule is COc1ccc(-c2nc(C3(N)CCC3)no2)cc1[N+](=O)[O-].Cl. The van der Waals surface area contributed by atoms with Crippen LogP contribution in [0, 0.1) is 10.1 Å². The van der Waals surface area contributed by atoms with Gasteiger partial charge in [-0.15, -0.1) is 12.4 Å². The number of nitro groups is 1. The number of rotatable bonds is 4. The van der Waals surface area contributed by atoms with Crippen LogP contribution >= 0.6 is 12.4 Å². The van der Waals surface area contributed by atoms with Crippen molar-refractivity contribution in [1.29, 1.82) is 0 Å². The molecule has 9 heteroatoms. The van der Waals surface area contributed by atoms with Gasteiger partial charge in [-0.3, -0.25) is 10.1 Å². The number of methoxy groups -OCH3 is 1. The Morgan fingerprint density at radius 1 is 1.45 bits per heavy atom. The topological polar surface area (TPSA) is 117 Å². The second-order valence-electron chi connectivity index (χ2n) is 5.08. The molecule has 8 nitrogen and oxygen atoms in total. The van der Waals surface area contributed by atoms with Crippen LogP contribution in [0.2, 0.25) is 0 Å². The maximum atomic E-state index is 11.0. The van der Waals surface area contributed by atoms with Crippen LogP contribution in [-0.2, 0) is 5.54 Å². The molecule has 3 rings (SSSR count). The smallest absolute Gasteiger partial charge is 0.311 e. The van der Waals surface area contributed by atoms with Gasteiger partial charge in [0.25, 0.3) is 5.89 Å². The largest absolute Gasteiger partial charge is 0.490 e. The first kappa shape index (κ1) is 16.2. The van der Waals surface area contributed by atoms with Crippen molar-refractivity contribution in [2.75, 3.05) is 7.11 Å². The van der Waals surface area contributed by atoms with E-state index in [0.717, 1.165) is 19.3 Å². The van der Waals surface area contributed by atoms with Crippen molar-refractivity contribution in [1.82, 2.24) is 10.1 Å². The van der Waals surface area contributed by atoms with E-state index >= 15 is 0 Å². The first-order valence-corrected chi connectivity index (χ1v) is 6.49. The zero-order chi connectivity index (χ0) is 15.0. The van der Waals surface area contributed by atoms with Gasteiger partial charge in [-0.1, -0.05) is 5.16 Å². The van der Waals surface area contributed by atoms with Gasteiger partial charge in [-0.25, -0.2) is 0 Å². The summed E-state index contributed by atoms with van der Waals surface area (Å²) in [4.78, 5) is 14.8. The molecular weight excluding hydrogens is 312 g/mol. The van der Waals surface area contributed by atoms with E-state index in [-0.39, 0.29) is 29.7 Å². The van der Waals surface area contributed by atoms with Crippen molar-refractivity contribution in [3.05, 3.63) is 34.1 Å². The van der Waals surface area contributed by atoms with E-state index < -0.39 is 10.5 Å². The van der Waals surface area contributed by atoms with E-state index in [1.165, 1.54) is 19.2 Å². The van der Waals surface area contributed by atoms with Gasteiger partial charge in [-0.2, -0.15) is 4.98 Å². The summed E-state index contributed by atoms with van der Waals surface area (Å²) in [5, 5.41) is 14.9. The molecule has 1 aromatic heterocycles. The van der Waals surface area contributed by atoms with Crippen LogP contribution in [0.3, 0.4) is 0 Å². The number of hydrogen-bond acceptors (Lipinski definition) is 7. The summed E-state index contributed by atoms with van der Waals surface area (Å²) in [7, 11) is 1.38. The van der Waals surface area contributed by atoms with E-state index in [1.807, 2.05) is 0 Å². The highest BCUT2D eigenvalue weighted by atomic mass is 35.5. The molecule has 2 aromatic rings. The lowest BCUT2D eigenvalue weighted by Crippen LogP contribution is -2.44. The van der Waals surface area contributed by atoms with Crippen LogP contribution in [0.15, 0.2) is 22.7 Å². The molecule has 0 bridgehead atoms. The summed E-state index contributed by atoms with van der Waals surface area (Å²) in [5.74, 6) is 0.840. The summed E-state index contributed by atoms with van der Waals surface area (Å²) in [6, 6.07) is 4.48. The Morgan fingerprint density at radius 3 is 2.73 bits per heavy atom. The predicted octanol–water partition coefficient (Wildman–Crippen LogP) is 2.41. The van der Waals surface area contributed by atoms with Crippen molar-refractivity contribution in [2.45, 2.75) is 24.8 Å². The number of halogens is 1. The van der Waals surface area contributed by atoms with E-state index in [0.29, 0.717) is 11.4 Å². The molecule has 2 N–H and O–H groups in total. The molecule has 118 valence electrons. The van der Waals surface area contributed by atoms with Crippen LogP contribution in [0.5, 0.6) is 5.75 Å². The second kappa shape index (κ2) is 5.90.